The predicted octanol–water partition coefficient (Wildman–Crippen LogP) is 1.34. The number of aryl methyl sites for hydroxylation is 1. The molecular formula is C15H14CrO6. The molecule has 0 spiro atoms. The summed E-state index contributed by atoms with van der Waals surface area (Å²) in [7, 11) is 1.36. The first-order valence-corrected chi connectivity index (χ1v) is 5.69. The van der Waals surface area contributed by atoms with Gasteiger partial charge in [-0.15, -0.1) is 0 Å². The van der Waals surface area contributed by atoms with Gasteiger partial charge in [0.15, 0.2) is 0 Å². The van der Waals surface area contributed by atoms with Crippen molar-refractivity contribution in [3.8, 4) is 0 Å². The van der Waals surface area contributed by atoms with Gasteiger partial charge in [-0.25, -0.2) is 0 Å². The number of carbonyl (C=O) groups excluding carboxylic acids is 1. The smallest absolute Gasteiger partial charge is 0 e. The molecule has 1 aromatic carbocycles. The summed E-state index contributed by atoms with van der Waals surface area (Å²) in [5.41, 5.74) is 1.99. The number of hydrogen-bond donors (Lipinski definition) is 1. The molecule has 0 bridgehead atoms. The first kappa shape index (κ1) is 25.4. The summed E-state index contributed by atoms with van der Waals surface area (Å²) in [4.78, 5) is 11.4. The summed E-state index contributed by atoms with van der Waals surface area (Å²) < 4.78 is 27.2. The molecule has 0 amide bonds. The fraction of sp³-hybridized carbons (Fsp3) is 0.333. The van der Waals surface area contributed by atoms with Gasteiger partial charge < -0.3 is 9.84 Å². The van der Waals surface area contributed by atoms with Gasteiger partial charge in [-0.1, -0.05) is 24.3 Å². The Labute approximate surface area is 139 Å². The quantitative estimate of drug-likeness (QED) is 0.473. The van der Waals surface area contributed by atoms with E-state index in [1.807, 2.05) is 24.3 Å². The number of carbonyl (C=O) groups is 1. The van der Waals surface area contributed by atoms with Crippen molar-refractivity contribution in [2.45, 2.75) is 18.9 Å². The first-order chi connectivity index (χ1) is 10.2. The van der Waals surface area contributed by atoms with Gasteiger partial charge in [0.2, 0.25) is 0 Å². The molecule has 116 valence electrons. The molecule has 0 saturated heterocycles. The van der Waals surface area contributed by atoms with E-state index in [4.69, 9.17) is 14.0 Å². The van der Waals surface area contributed by atoms with Gasteiger partial charge in [-0.2, -0.15) is 0 Å². The van der Waals surface area contributed by atoms with Crippen molar-refractivity contribution in [3.05, 3.63) is 55.3 Å². The van der Waals surface area contributed by atoms with Crippen molar-refractivity contribution in [2.75, 3.05) is 7.11 Å². The van der Waals surface area contributed by atoms with Gasteiger partial charge in [0, 0.05) is 17.4 Å². The summed E-state index contributed by atoms with van der Waals surface area (Å²) in [6, 6.07) is 7.69. The molecular weight excluding hydrogens is 328 g/mol. The van der Waals surface area contributed by atoms with E-state index in [2.05, 4.69) is 24.7 Å². The minimum atomic E-state index is -0.720. The zero-order valence-electron chi connectivity index (χ0n) is 11.8. The first-order valence-electron chi connectivity index (χ1n) is 5.69. The third-order valence-corrected chi connectivity index (χ3v) is 2.98. The summed E-state index contributed by atoms with van der Waals surface area (Å²) in [5, 5.41) is 10.0. The van der Waals surface area contributed by atoms with Gasteiger partial charge >= 0.3 is 39.9 Å². The Kier molecular flexibility index (Phi) is 18.2. The molecule has 2 atom stereocenters. The zero-order valence-corrected chi connectivity index (χ0v) is 13.1. The maximum atomic E-state index is 11.4. The Balaban J connectivity index is -0.000000463. The van der Waals surface area contributed by atoms with Crippen LogP contribution in [0, 0.1) is 25.9 Å². The molecule has 7 heteroatoms. The molecule has 1 aliphatic carbocycles. The second kappa shape index (κ2) is 15.8. The molecule has 0 saturated carbocycles. The van der Waals surface area contributed by atoms with E-state index >= 15 is 0 Å². The second-order valence-electron chi connectivity index (χ2n) is 3.81. The molecule has 1 aliphatic rings. The summed E-state index contributed by atoms with van der Waals surface area (Å²) in [6.07, 6.45) is 0.764. The number of aliphatic hydroxyl groups excluding tert-OH is 1. The van der Waals surface area contributed by atoms with Crippen LogP contribution in [0.1, 0.15) is 23.7 Å². The van der Waals surface area contributed by atoms with Crippen LogP contribution < -0.4 is 0 Å². The zero-order chi connectivity index (χ0) is 16.8. The Bertz CT molecular complexity index is 480. The third kappa shape index (κ3) is 6.91. The molecule has 2 rings (SSSR count). The SMILES string of the molecule is COC(=O)[C@@H]1CCc2ccccc2[C@@H]1O.[C-]#[O+].[C-]#[O+].[C-]#[O+].[Cr]. The maximum Gasteiger partial charge on any atom is 0 e. The Hall–Kier alpha value is -1.60. The van der Waals surface area contributed by atoms with Crippen LogP contribution >= 0.6 is 0 Å². The second-order valence-corrected chi connectivity index (χ2v) is 3.81. The van der Waals surface area contributed by atoms with E-state index in [0.29, 0.717) is 6.42 Å². The number of fused-ring (bicyclic) bond motifs is 1. The van der Waals surface area contributed by atoms with Crippen LogP contribution in [0.4, 0.5) is 0 Å². The predicted molar refractivity (Wildman–Crippen MR) is 67.0 cm³/mol. The number of ether oxygens (including phenoxy) is 1. The molecule has 0 radical (unpaired) electrons. The van der Waals surface area contributed by atoms with E-state index < -0.39 is 12.0 Å². The van der Waals surface area contributed by atoms with Crippen LogP contribution in [0.3, 0.4) is 0 Å². The minimum absolute atomic E-state index is 0. The van der Waals surface area contributed by atoms with Gasteiger partial charge in [-0.05, 0) is 24.0 Å². The van der Waals surface area contributed by atoms with Crippen molar-refractivity contribution in [1.29, 1.82) is 0 Å². The van der Waals surface area contributed by atoms with Crippen LogP contribution in [-0.2, 0) is 47.3 Å². The molecule has 6 nitrogen and oxygen atoms in total. The Morgan fingerprint density at radius 1 is 1.18 bits per heavy atom. The summed E-state index contributed by atoms with van der Waals surface area (Å²) in [5.74, 6) is -0.734. The van der Waals surface area contributed by atoms with E-state index in [9.17, 15) is 9.90 Å². The normalized spacial score (nSPS) is 16.9. The monoisotopic (exact) mass is 342 g/mol. The molecule has 0 aliphatic heterocycles. The minimum Gasteiger partial charge on any atom is 0 e. The maximum absolute atomic E-state index is 11.4. The van der Waals surface area contributed by atoms with Crippen LogP contribution in [0.15, 0.2) is 24.3 Å². The fourth-order valence-corrected chi connectivity index (χ4v) is 2.13. The Morgan fingerprint density at radius 2 is 1.68 bits per heavy atom. The standard InChI is InChI=1S/C12H14O3.3CO.Cr/c1-15-12(14)10-7-6-8-4-2-3-5-9(8)11(10)13;3*1-2;/h2-5,10-11,13H,6-7H2,1H3;;;;/t10-,11+;;;;/m1..../s1. The average Bonchev–Trinajstić information content (AvgIpc) is 2.60. The number of rotatable bonds is 1. The van der Waals surface area contributed by atoms with Crippen molar-refractivity contribution in [2.24, 2.45) is 5.92 Å². The van der Waals surface area contributed by atoms with Crippen LogP contribution in [0.25, 0.3) is 0 Å². The number of benzene rings is 1. The van der Waals surface area contributed by atoms with Crippen molar-refractivity contribution >= 4 is 5.97 Å². The fourth-order valence-electron chi connectivity index (χ4n) is 2.13. The molecule has 0 heterocycles. The topological polar surface area (TPSA) is 106 Å². The molecule has 1 N–H and O–H groups in total. The number of esters is 1. The number of methoxy groups -OCH3 is 1. The van der Waals surface area contributed by atoms with Gasteiger partial charge in [-0.3, -0.25) is 4.79 Å². The molecule has 0 fully saturated rings. The van der Waals surface area contributed by atoms with Crippen molar-refractivity contribution in [3.63, 3.8) is 0 Å². The summed E-state index contributed by atoms with van der Waals surface area (Å²) in [6.45, 7) is 13.5. The largest absolute Gasteiger partial charge is 0 e. The van der Waals surface area contributed by atoms with Gasteiger partial charge in [0.1, 0.15) is 0 Å². The number of hydrogen-bond acceptors (Lipinski definition) is 3. The third-order valence-electron chi connectivity index (χ3n) is 2.98. The summed E-state index contributed by atoms with van der Waals surface area (Å²) >= 11 is 0. The van der Waals surface area contributed by atoms with Crippen molar-refractivity contribution in [1.82, 2.24) is 0 Å². The van der Waals surface area contributed by atoms with Gasteiger partial charge in [0.05, 0.1) is 19.1 Å². The molecule has 0 unspecified atom stereocenters. The Morgan fingerprint density at radius 3 is 2.18 bits per heavy atom. The van der Waals surface area contributed by atoms with Crippen LogP contribution in [0.2, 0.25) is 0 Å². The van der Waals surface area contributed by atoms with Crippen molar-refractivity contribution < 1.29 is 46.0 Å². The van der Waals surface area contributed by atoms with Crippen LogP contribution in [-0.4, -0.2) is 18.2 Å². The van der Waals surface area contributed by atoms with E-state index in [-0.39, 0.29) is 23.3 Å². The van der Waals surface area contributed by atoms with E-state index in [1.54, 1.807) is 0 Å². The van der Waals surface area contributed by atoms with E-state index in [1.165, 1.54) is 7.11 Å². The molecule has 1 aromatic rings. The van der Waals surface area contributed by atoms with Crippen LogP contribution in [0.5, 0.6) is 0 Å². The van der Waals surface area contributed by atoms with E-state index in [0.717, 1.165) is 17.5 Å². The molecule has 0 aromatic heterocycles. The van der Waals surface area contributed by atoms with Gasteiger partial charge in [0.25, 0.3) is 0 Å². The number of aliphatic hydroxyl groups is 1. The average molecular weight is 342 g/mol. The molecule has 22 heavy (non-hydrogen) atoms.